The number of nitrogens with zero attached hydrogens (tertiary/aromatic N) is 2. The topological polar surface area (TPSA) is 88.1 Å². The van der Waals surface area contributed by atoms with Crippen LogP contribution < -0.4 is 14.5 Å². The second-order valence-corrected chi connectivity index (χ2v) is 10.4. The number of methoxy groups -OCH3 is 1. The van der Waals surface area contributed by atoms with Gasteiger partial charge in [-0.05, 0) is 62.9 Å². The van der Waals surface area contributed by atoms with Gasteiger partial charge in [-0.1, -0.05) is 48.6 Å². The molecule has 3 rings (SSSR count). The molecule has 0 saturated heterocycles. The molecule has 2 aromatic carbocycles. The van der Waals surface area contributed by atoms with Crippen molar-refractivity contribution in [3.63, 3.8) is 0 Å². The Bertz CT molecular complexity index is 1090. The van der Waals surface area contributed by atoms with Gasteiger partial charge in [-0.25, -0.2) is 13.8 Å². The van der Waals surface area contributed by atoms with E-state index in [0.29, 0.717) is 5.02 Å². The number of carbonyl (C=O) groups is 1. The van der Waals surface area contributed by atoms with Crippen molar-refractivity contribution in [2.75, 3.05) is 18.0 Å². The maximum atomic E-state index is 13.6. The molecule has 0 atom stereocenters. The summed E-state index contributed by atoms with van der Waals surface area (Å²) in [5.41, 5.74) is 4.60. The van der Waals surface area contributed by atoms with Gasteiger partial charge in [-0.2, -0.15) is 5.10 Å². The number of aryl methyl sites for hydroxylation is 1. The maximum absolute atomic E-state index is 13.6. The van der Waals surface area contributed by atoms with E-state index in [1.54, 1.807) is 24.3 Å². The number of benzene rings is 2. The van der Waals surface area contributed by atoms with E-state index in [1.807, 2.05) is 6.92 Å². The zero-order valence-electron chi connectivity index (χ0n) is 19.0. The second-order valence-electron chi connectivity index (χ2n) is 8.12. The largest absolute Gasteiger partial charge is 0.495 e. The Kier molecular flexibility index (Phi) is 8.74. The van der Waals surface area contributed by atoms with Crippen molar-refractivity contribution in [1.29, 1.82) is 0 Å². The zero-order valence-corrected chi connectivity index (χ0v) is 20.6. The molecule has 1 aliphatic rings. The van der Waals surface area contributed by atoms with Crippen molar-refractivity contribution in [1.82, 2.24) is 5.43 Å². The average Bonchev–Trinajstić information content (AvgIpc) is 2.77. The van der Waals surface area contributed by atoms with Gasteiger partial charge in [0.05, 0.1) is 17.7 Å². The van der Waals surface area contributed by atoms with Crippen molar-refractivity contribution < 1.29 is 17.9 Å². The van der Waals surface area contributed by atoms with E-state index in [0.717, 1.165) is 54.1 Å². The summed E-state index contributed by atoms with van der Waals surface area (Å²) < 4.78 is 33.5. The first-order chi connectivity index (χ1) is 15.8. The number of rotatable bonds is 7. The van der Waals surface area contributed by atoms with E-state index < -0.39 is 22.5 Å². The van der Waals surface area contributed by atoms with Crippen molar-refractivity contribution in [2.24, 2.45) is 5.10 Å². The summed E-state index contributed by atoms with van der Waals surface area (Å²) in [7, 11) is -2.65. The molecule has 0 aromatic heterocycles. The summed E-state index contributed by atoms with van der Waals surface area (Å²) in [6, 6.07) is 11.1. The molecule has 0 unspecified atom stereocenters. The summed E-state index contributed by atoms with van der Waals surface area (Å²) >= 11 is 6.16. The lowest BCUT2D eigenvalue weighted by Gasteiger charge is -2.25. The Morgan fingerprint density at radius 2 is 1.70 bits per heavy atom. The molecular formula is C24H30ClN3O4S. The van der Waals surface area contributed by atoms with E-state index in [9.17, 15) is 13.2 Å². The predicted octanol–water partition coefficient (Wildman–Crippen LogP) is 5.07. The molecule has 0 spiro atoms. The molecule has 178 valence electrons. The Morgan fingerprint density at radius 3 is 2.33 bits per heavy atom. The fourth-order valence-corrected chi connectivity index (χ4v) is 5.32. The molecule has 7 nitrogen and oxygen atoms in total. The molecule has 0 bridgehead atoms. The number of sulfonamides is 1. The highest BCUT2D eigenvalue weighted by Gasteiger charge is 2.29. The first-order valence-corrected chi connectivity index (χ1v) is 12.9. The van der Waals surface area contributed by atoms with Crippen LogP contribution in [0.25, 0.3) is 0 Å². The van der Waals surface area contributed by atoms with E-state index >= 15 is 0 Å². The van der Waals surface area contributed by atoms with Gasteiger partial charge in [-0.15, -0.1) is 0 Å². The third-order valence-electron chi connectivity index (χ3n) is 5.58. The van der Waals surface area contributed by atoms with Crippen LogP contribution in [-0.2, 0) is 14.8 Å². The number of anilines is 1. The number of hydrazone groups is 1. The smallest absolute Gasteiger partial charge is 0.264 e. The van der Waals surface area contributed by atoms with Gasteiger partial charge in [0, 0.05) is 10.7 Å². The van der Waals surface area contributed by atoms with Gasteiger partial charge in [-0.3, -0.25) is 9.10 Å². The van der Waals surface area contributed by atoms with Crippen LogP contribution in [0.3, 0.4) is 0 Å². The fourth-order valence-electron chi connectivity index (χ4n) is 3.73. The van der Waals surface area contributed by atoms with Gasteiger partial charge in [0.25, 0.3) is 15.9 Å². The molecule has 1 N–H and O–H groups in total. The second kappa shape index (κ2) is 11.5. The lowest BCUT2D eigenvalue weighted by Crippen LogP contribution is -2.40. The van der Waals surface area contributed by atoms with Crippen LogP contribution in [0.15, 0.2) is 52.5 Å². The monoisotopic (exact) mass is 491 g/mol. The molecule has 1 saturated carbocycles. The van der Waals surface area contributed by atoms with Crippen LogP contribution in [0.2, 0.25) is 5.02 Å². The molecule has 0 radical (unpaired) electrons. The number of hydrogen-bond donors (Lipinski definition) is 1. The number of carbonyl (C=O) groups excluding carboxylic acids is 1. The van der Waals surface area contributed by atoms with Crippen molar-refractivity contribution in [3.8, 4) is 5.75 Å². The Morgan fingerprint density at radius 1 is 1.06 bits per heavy atom. The maximum Gasteiger partial charge on any atom is 0.264 e. The molecule has 1 fully saturated rings. The van der Waals surface area contributed by atoms with Crippen molar-refractivity contribution in [2.45, 2.75) is 56.8 Å². The van der Waals surface area contributed by atoms with Crippen molar-refractivity contribution in [3.05, 3.63) is 53.1 Å². The average molecular weight is 492 g/mol. The molecule has 2 aromatic rings. The summed E-state index contributed by atoms with van der Waals surface area (Å²) in [6.45, 7) is 1.40. The number of halogens is 1. The Hall–Kier alpha value is -2.58. The van der Waals surface area contributed by atoms with Crippen molar-refractivity contribution >= 4 is 38.9 Å². The quantitative estimate of drug-likeness (QED) is 0.548. The SMILES string of the molecule is COc1ccc(Cl)cc1N(CC(=O)NN=C1CCCCCCC1)S(=O)(=O)c1ccc(C)cc1. The molecule has 1 aliphatic carbocycles. The number of hydrogen-bond acceptors (Lipinski definition) is 5. The Balaban J connectivity index is 1.91. The summed E-state index contributed by atoms with van der Waals surface area (Å²) in [5.74, 6) is -0.253. The van der Waals surface area contributed by atoms with Crippen LogP contribution in [0.4, 0.5) is 5.69 Å². The van der Waals surface area contributed by atoms with Crippen LogP contribution in [0, 0.1) is 6.92 Å². The van der Waals surface area contributed by atoms with Crippen LogP contribution >= 0.6 is 11.6 Å². The molecule has 1 amide bonds. The highest BCUT2D eigenvalue weighted by Crippen LogP contribution is 2.34. The minimum absolute atomic E-state index is 0.0641. The molecular weight excluding hydrogens is 462 g/mol. The highest BCUT2D eigenvalue weighted by atomic mass is 35.5. The van der Waals surface area contributed by atoms with Crippen LogP contribution in [-0.4, -0.2) is 33.7 Å². The lowest BCUT2D eigenvalue weighted by molar-refractivity contribution is -0.119. The molecule has 0 heterocycles. The standard InChI is InChI=1S/C24H30ClN3O4S/c1-18-10-13-21(14-11-18)33(30,31)28(22-16-19(25)12-15-23(22)32-2)17-24(29)27-26-20-8-6-4-3-5-7-9-20/h10-16H,3-9,17H2,1-2H3,(H,27,29). The fraction of sp³-hybridized carbons (Fsp3) is 0.417. The third-order valence-corrected chi connectivity index (χ3v) is 7.58. The van der Waals surface area contributed by atoms with E-state index in [2.05, 4.69) is 10.5 Å². The van der Waals surface area contributed by atoms with E-state index in [-0.39, 0.29) is 16.3 Å². The highest BCUT2D eigenvalue weighted by molar-refractivity contribution is 7.92. The summed E-state index contributed by atoms with van der Waals surface area (Å²) in [6.07, 6.45) is 7.31. The first kappa shape index (κ1) is 25.1. The van der Waals surface area contributed by atoms with Gasteiger partial charge < -0.3 is 4.74 Å². The Labute approximate surface area is 200 Å². The third kappa shape index (κ3) is 6.71. The molecule has 33 heavy (non-hydrogen) atoms. The minimum atomic E-state index is -4.08. The van der Waals surface area contributed by atoms with Crippen LogP contribution in [0.5, 0.6) is 5.75 Å². The van der Waals surface area contributed by atoms with Gasteiger partial charge in [0.2, 0.25) is 0 Å². The van der Waals surface area contributed by atoms with Gasteiger partial charge in [0.1, 0.15) is 12.3 Å². The molecule has 9 heteroatoms. The van der Waals surface area contributed by atoms with Gasteiger partial charge >= 0.3 is 0 Å². The van der Waals surface area contributed by atoms with Gasteiger partial charge in [0.15, 0.2) is 0 Å². The zero-order chi connectivity index (χ0) is 23.8. The predicted molar refractivity (Wildman–Crippen MR) is 132 cm³/mol. The number of amides is 1. The lowest BCUT2D eigenvalue weighted by atomic mass is 9.99. The first-order valence-electron chi connectivity index (χ1n) is 11.1. The minimum Gasteiger partial charge on any atom is -0.495 e. The normalized spacial score (nSPS) is 14.7. The van der Waals surface area contributed by atoms with E-state index in [1.165, 1.54) is 31.7 Å². The number of nitrogens with one attached hydrogen (secondary N) is 1. The summed E-state index contributed by atoms with van der Waals surface area (Å²) in [4.78, 5) is 12.9. The molecule has 0 aliphatic heterocycles. The van der Waals surface area contributed by atoms with E-state index in [4.69, 9.17) is 16.3 Å². The van der Waals surface area contributed by atoms with Crippen LogP contribution in [0.1, 0.15) is 50.5 Å². The summed E-state index contributed by atoms with van der Waals surface area (Å²) in [5, 5.41) is 4.62. The number of ether oxygens (including phenoxy) is 1.